The van der Waals surface area contributed by atoms with Gasteiger partial charge in [0.25, 0.3) is 6.43 Å². The number of alkyl halides is 2. The zero-order valence-electron chi connectivity index (χ0n) is 16.3. The summed E-state index contributed by atoms with van der Waals surface area (Å²) in [4.78, 5) is 23.9. The molecular weight excluding hydrogens is 408 g/mol. The lowest BCUT2D eigenvalue weighted by atomic mass is 10.1. The fraction of sp³-hybridized carbons (Fsp3) is 0.143. The number of nitrogens with one attached hydrogen (secondary N) is 1. The molecule has 2 aromatic heterocycles. The Morgan fingerprint density at radius 1 is 1.10 bits per heavy atom. The summed E-state index contributed by atoms with van der Waals surface area (Å²) in [5.41, 5.74) is 6.40. The molecule has 0 aliphatic carbocycles. The Kier molecular flexibility index (Phi) is 5.44. The van der Waals surface area contributed by atoms with Crippen LogP contribution in [0.4, 0.5) is 26.4 Å². The molecule has 0 amide bonds. The Bertz CT molecular complexity index is 1290. The maximum absolute atomic E-state index is 13.1. The second-order valence-corrected chi connectivity index (χ2v) is 6.69. The second-order valence-electron chi connectivity index (χ2n) is 6.69. The van der Waals surface area contributed by atoms with Gasteiger partial charge in [0.2, 0.25) is 11.9 Å². The highest BCUT2D eigenvalue weighted by atomic mass is 19.3. The normalized spacial score (nSPS) is 11.1. The fourth-order valence-corrected chi connectivity index (χ4v) is 2.91. The van der Waals surface area contributed by atoms with Crippen LogP contribution in [0.1, 0.15) is 23.4 Å². The number of nitrogens with two attached hydrogens (primary N) is 1. The topological polar surface area (TPSA) is 116 Å². The molecule has 0 atom stereocenters. The van der Waals surface area contributed by atoms with Gasteiger partial charge in [-0.2, -0.15) is 15.0 Å². The van der Waals surface area contributed by atoms with E-state index in [1.54, 1.807) is 0 Å². The zero-order valence-corrected chi connectivity index (χ0v) is 16.3. The number of anilines is 3. The van der Waals surface area contributed by atoms with Crippen molar-refractivity contribution in [2.45, 2.75) is 20.0 Å². The molecule has 0 aliphatic heterocycles. The quantitative estimate of drug-likeness (QED) is 0.443. The predicted octanol–water partition coefficient (Wildman–Crippen LogP) is 4.13. The van der Waals surface area contributed by atoms with Gasteiger partial charge in [0.05, 0.1) is 0 Å². The summed E-state index contributed by atoms with van der Waals surface area (Å²) in [5, 5.41) is 3.17. The van der Waals surface area contributed by atoms with Gasteiger partial charge in [-0.15, -0.1) is 0 Å². The van der Waals surface area contributed by atoms with Crippen molar-refractivity contribution in [3.8, 4) is 5.75 Å². The molecule has 0 radical (unpaired) electrons. The van der Waals surface area contributed by atoms with Crippen molar-refractivity contribution in [1.29, 1.82) is 0 Å². The average molecular weight is 425 g/mol. The third-order valence-electron chi connectivity index (χ3n) is 4.36. The molecule has 4 rings (SSSR count). The first-order chi connectivity index (χ1) is 14.9. The largest absolute Gasteiger partial charge is 0.485 e. The van der Waals surface area contributed by atoms with E-state index in [1.807, 2.05) is 31.2 Å². The van der Waals surface area contributed by atoms with Gasteiger partial charge in [-0.3, -0.25) is 0 Å². The van der Waals surface area contributed by atoms with Gasteiger partial charge in [0.1, 0.15) is 17.9 Å². The van der Waals surface area contributed by atoms with Crippen molar-refractivity contribution < 1.29 is 17.9 Å². The Labute approximate surface area is 174 Å². The summed E-state index contributed by atoms with van der Waals surface area (Å²) in [5.74, 6) is 0.800. The van der Waals surface area contributed by atoms with Gasteiger partial charge in [-0.25, -0.2) is 13.6 Å². The minimum atomic E-state index is -2.80. The number of fused-ring (bicyclic) bond motifs is 1. The second kappa shape index (κ2) is 8.34. The molecule has 0 spiro atoms. The van der Waals surface area contributed by atoms with Crippen LogP contribution in [0.3, 0.4) is 0 Å². The van der Waals surface area contributed by atoms with Gasteiger partial charge in [0.15, 0.2) is 5.82 Å². The van der Waals surface area contributed by atoms with Crippen LogP contribution in [0, 0.1) is 6.92 Å². The predicted molar refractivity (Wildman–Crippen MR) is 110 cm³/mol. The summed E-state index contributed by atoms with van der Waals surface area (Å²) < 4.78 is 36.9. The first kappa shape index (κ1) is 20.2. The van der Waals surface area contributed by atoms with E-state index in [1.165, 1.54) is 18.2 Å². The number of nitrogens with zero attached hydrogens (tertiary/aromatic N) is 3. The molecule has 31 heavy (non-hydrogen) atoms. The third-order valence-corrected chi connectivity index (χ3v) is 4.36. The lowest BCUT2D eigenvalue weighted by molar-refractivity contribution is 0.152. The van der Waals surface area contributed by atoms with E-state index in [9.17, 15) is 13.6 Å². The van der Waals surface area contributed by atoms with Crippen LogP contribution < -0.4 is 21.4 Å². The van der Waals surface area contributed by atoms with Crippen LogP contribution in [-0.4, -0.2) is 15.0 Å². The summed E-state index contributed by atoms with van der Waals surface area (Å²) >= 11 is 0. The SMILES string of the molecule is Cc1ccc(Nc2nc(N)nc(COc3ccc4c(C(F)F)cc(=O)oc4c3)n2)cc1. The maximum Gasteiger partial charge on any atom is 0.336 e. The van der Waals surface area contributed by atoms with E-state index < -0.39 is 17.6 Å². The van der Waals surface area contributed by atoms with Gasteiger partial charge in [-0.1, -0.05) is 17.7 Å². The molecular formula is C21H17F2N5O3. The number of halogens is 2. The summed E-state index contributed by atoms with van der Waals surface area (Å²) in [7, 11) is 0. The van der Waals surface area contributed by atoms with Gasteiger partial charge < -0.3 is 20.2 Å². The number of nitrogen functional groups attached to an aromatic ring is 1. The summed E-state index contributed by atoms with van der Waals surface area (Å²) in [6.07, 6.45) is -2.80. The van der Waals surface area contributed by atoms with E-state index in [4.69, 9.17) is 14.9 Å². The van der Waals surface area contributed by atoms with Crippen LogP contribution in [0.25, 0.3) is 11.0 Å². The molecule has 2 heterocycles. The first-order valence-corrected chi connectivity index (χ1v) is 9.20. The highest BCUT2D eigenvalue weighted by Crippen LogP contribution is 2.29. The number of aryl methyl sites for hydroxylation is 1. The molecule has 3 N–H and O–H groups in total. The third kappa shape index (κ3) is 4.74. The minimum Gasteiger partial charge on any atom is -0.485 e. The monoisotopic (exact) mass is 425 g/mol. The van der Waals surface area contributed by atoms with Crippen LogP contribution >= 0.6 is 0 Å². The molecule has 0 fully saturated rings. The molecule has 158 valence electrons. The maximum atomic E-state index is 13.1. The molecule has 4 aromatic rings. The highest BCUT2D eigenvalue weighted by Gasteiger charge is 2.15. The fourth-order valence-electron chi connectivity index (χ4n) is 2.91. The van der Waals surface area contributed by atoms with Gasteiger partial charge >= 0.3 is 5.63 Å². The van der Waals surface area contributed by atoms with E-state index >= 15 is 0 Å². The average Bonchev–Trinajstić information content (AvgIpc) is 2.72. The van der Waals surface area contributed by atoms with Crippen molar-refractivity contribution >= 4 is 28.6 Å². The smallest absolute Gasteiger partial charge is 0.336 e. The van der Waals surface area contributed by atoms with Crippen molar-refractivity contribution in [3.05, 3.63) is 75.9 Å². The van der Waals surface area contributed by atoms with Crippen molar-refractivity contribution in [2.75, 3.05) is 11.1 Å². The Morgan fingerprint density at radius 3 is 2.61 bits per heavy atom. The van der Waals surface area contributed by atoms with Crippen molar-refractivity contribution in [3.63, 3.8) is 0 Å². The van der Waals surface area contributed by atoms with Crippen LogP contribution in [0.2, 0.25) is 0 Å². The van der Waals surface area contributed by atoms with Crippen molar-refractivity contribution in [1.82, 2.24) is 15.0 Å². The number of hydrogen-bond donors (Lipinski definition) is 2. The number of rotatable bonds is 6. The number of ether oxygens (including phenoxy) is 1. The standard InChI is InChI=1S/C21H17F2N5O3/c1-11-2-4-12(5-3-11)25-21-27-17(26-20(24)28-21)10-30-13-6-7-14-15(19(22)23)9-18(29)31-16(14)8-13/h2-9,19H,10H2,1H3,(H3,24,25,26,27,28). The summed E-state index contributed by atoms with van der Waals surface area (Å²) in [6, 6.07) is 12.7. The van der Waals surface area contributed by atoms with Gasteiger partial charge in [0, 0.05) is 28.8 Å². The molecule has 8 nitrogen and oxygen atoms in total. The number of aromatic nitrogens is 3. The molecule has 0 saturated carbocycles. The van der Waals surface area contributed by atoms with E-state index in [-0.39, 0.29) is 41.0 Å². The molecule has 0 saturated heterocycles. The first-order valence-electron chi connectivity index (χ1n) is 9.20. The molecule has 10 heteroatoms. The van der Waals surface area contributed by atoms with Crippen molar-refractivity contribution in [2.24, 2.45) is 0 Å². The van der Waals surface area contributed by atoms with E-state index in [0.29, 0.717) is 0 Å². The molecule has 0 bridgehead atoms. The zero-order chi connectivity index (χ0) is 22.0. The Balaban J connectivity index is 1.53. The molecule has 0 aliphatic rings. The minimum absolute atomic E-state index is 0.00260. The van der Waals surface area contributed by atoms with E-state index in [0.717, 1.165) is 17.3 Å². The van der Waals surface area contributed by atoms with Crippen LogP contribution in [0.5, 0.6) is 5.75 Å². The molecule has 0 unspecified atom stereocenters. The Morgan fingerprint density at radius 2 is 1.87 bits per heavy atom. The highest BCUT2D eigenvalue weighted by molar-refractivity contribution is 5.81. The summed E-state index contributed by atoms with van der Waals surface area (Å²) in [6.45, 7) is 1.91. The van der Waals surface area contributed by atoms with Crippen LogP contribution in [0.15, 0.2) is 57.7 Å². The van der Waals surface area contributed by atoms with E-state index in [2.05, 4.69) is 20.3 Å². The Hall–Kier alpha value is -4.08. The van der Waals surface area contributed by atoms with Crippen LogP contribution in [-0.2, 0) is 6.61 Å². The van der Waals surface area contributed by atoms with Gasteiger partial charge in [-0.05, 0) is 31.2 Å². The lowest BCUT2D eigenvalue weighted by Gasteiger charge is -2.10. The lowest BCUT2D eigenvalue weighted by Crippen LogP contribution is -2.09. The number of benzene rings is 2. The molecule has 2 aromatic carbocycles. The number of hydrogen-bond acceptors (Lipinski definition) is 8.